The smallest absolute Gasteiger partial charge is 0.159 e. The van der Waals surface area contributed by atoms with Gasteiger partial charge in [0.15, 0.2) is 5.58 Å². The molecule has 2 aliphatic rings. The maximum atomic E-state index is 7.14. The summed E-state index contributed by atoms with van der Waals surface area (Å²) in [4.78, 5) is 4.71. The van der Waals surface area contributed by atoms with Crippen molar-refractivity contribution < 1.29 is 8.83 Å². The zero-order valence-corrected chi connectivity index (χ0v) is 49.7. The average Bonchev–Trinajstić information content (AvgIpc) is 1.55. The minimum atomic E-state index is -0.504. The number of furan rings is 2. The van der Waals surface area contributed by atoms with E-state index in [2.05, 4.69) is 339 Å². The molecule has 0 saturated carbocycles. The van der Waals surface area contributed by atoms with Gasteiger partial charge in [0.2, 0.25) is 0 Å². The molecule has 16 aromatic rings. The summed E-state index contributed by atoms with van der Waals surface area (Å²) < 4.78 is 14.1. The molecule has 0 saturated heterocycles. The van der Waals surface area contributed by atoms with Gasteiger partial charge in [-0.05, 0) is 188 Å². The zero-order chi connectivity index (χ0) is 59.7. The van der Waals surface area contributed by atoms with E-state index in [1.54, 1.807) is 0 Å². The molecule has 2 aromatic heterocycles. The molecule has 90 heavy (non-hydrogen) atoms. The molecule has 0 aliphatic heterocycles. The molecule has 4 nitrogen and oxygen atoms in total. The summed E-state index contributed by atoms with van der Waals surface area (Å²) in [6.07, 6.45) is 0. The van der Waals surface area contributed by atoms with Gasteiger partial charge in [-0.25, -0.2) is 0 Å². The summed E-state index contributed by atoms with van der Waals surface area (Å²) in [7, 11) is 0. The number of aryl methyl sites for hydroxylation is 2. The molecule has 0 N–H and O–H groups in total. The molecule has 14 aromatic carbocycles. The van der Waals surface area contributed by atoms with E-state index in [-0.39, 0.29) is 0 Å². The highest BCUT2D eigenvalue weighted by Crippen LogP contribution is 2.58. The van der Waals surface area contributed by atoms with Gasteiger partial charge in [-0.15, -0.1) is 0 Å². The minimum Gasteiger partial charge on any atom is -0.456 e. The molecule has 0 amide bonds. The van der Waals surface area contributed by atoms with Gasteiger partial charge in [0.1, 0.15) is 16.7 Å². The standard InChI is InChI=1S/C86H58N2O2/c1-55-35-41-62(42-36-55)88(63-45-39-60(40-46-63)86(58-22-7-4-8-23-58)76-32-15-11-27-68(76)69-28-12-16-33-77(69)86)78-34-18-29-73-83-71-49-51-79-82(70(71)50-52-80(83)90-84(73)78)72-48-47-65(54-81(72)89-79)87(64-24-17-19-56(2)53-64)61-43-37-59(38-44-61)85(57-20-5-3-6-21-57)74-30-13-9-25-66(74)67-26-10-14-31-75(67)85/h3-54H,1-2H3. The lowest BCUT2D eigenvalue weighted by Crippen LogP contribution is -2.28. The first-order valence-corrected chi connectivity index (χ1v) is 31.1. The lowest BCUT2D eigenvalue weighted by atomic mass is 9.68. The van der Waals surface area contributed by atoms with Crippen molar-refractivity contribution in [2.45, 2.75) is 24.7 Å². The summed E-state index contributed by atoms with van der Waals surface area (Å²) in [5, 5.41) is 6.49. The summed E-state index contributed by atoms with van der Waals surface area (Å²) in [6.45, 7) is 4.30. The SMILES string of the molecule is Cc1ccc(N(c2ccc(C3(c4ccccc4)c4ccccc4-c4ccccc43)cc2)c2cccc3c2oc2ccc4c(ccc5oc6cc(N(c7ccc(C8(c9ccccc9)c9ccccc9-c9ccccc98)cc7)c7cccc(C)c7)ccc6c54)c23)cc1. The van der Waals surface area contributed by atoms with Crippen LogP contribution >= 0.6 is 0 Å². The van der Waals surface area contributed by atoms with Crippen LogP contribution in [0.25, 0.3) is 76.9 Å². The molecule has 4 heteroatoms. The fourth-order valence-electron chi connectivity index (χ4n) is 15.7. The molecular formula is C86H58N2O2. The first-order valence-electron chi connectivity index (χ1n) is 31.1. The predicted octanol–water partition coefficient (Wildman–Crippen LogP) is 22.9. The van der Waals surface area contributed by atoms with E-state index in [4.69, 9.17) is 8.83 Å². The van der Waals surface area contributed by atoms with Gasteiger partial charge in [-0.2, -0.15) is 0 Å². The Hall–Kier alpha value is -11.5. The molecule has 18 rings (SSSR count). The molecule has 0 radical (unpaired) electrons. The molecule has 0 atom stereocenters. The van der Waals surface area contributed by atoms with Gasteiger partial charge in [0.25, 0.3) is 0 Å². The number of hydrogen-bond donors (Lipinski definition) is 0. The van der Waals surface area contributed by atoms with Gasteiger partial charge in [0.05, 0.1) is 16.5 Å². The van der Waals surface area contributed by atoms with Crippen molar-refractivity contribution in [2.24, 2.45) is 0 Å². The van der Waals surface area contributed by atoms with Crippen LogP contribution in [0.15, 0.2) is 324 Å². The van der Waals surface area contributed by atoms with Crippen LogP contribution in [0.1, 0.15) is 55.6 Å². The highest BCUT2D eigenvalue weighted by molar-refractivity contribution is 6.28. The summed E-state index contributed by atoms with van der Waals surface area (Å²) in [5.41, 5.74) is 26.1. The van der Waals surface area contributed by atoms with Gasteiger partial charge in [-0.3, -0.25) is 0 Å². The number of rotatable bonds is 10. The van der Waals surface area contributed by atoms with Crippen LogP contribution in [0, 0.1) is 13.8 Å². The molecule has 0 spiro atoms. The van der Waals surface area contributed by atoms with Crippen LogP contribution in [0.5, 0.6) is 0 Å². The van der Waals surface area contributed by atoms with Crippen LogP contribution in [0.2, 0.25) is 0 Å². The van der Waals surface area contributed by atoms with E-state index >= 15 is 0 Å². The van der Waals surface area contributed by atoms with Crippen molar-refractivity contribution in [1.82, 2.24) is 0 Å². The Balaban J connectivity index is 0.750. The van der Waals surface area contributed by atoms with Crippen LogP contribution < -0.4 is 9.80 Å². The lowest BCUT2D eigenvalue weighted by molar-refractivity contribution is 0.668. The second kappa shape index (κ2) is 20.0. The summed E-state index contributed by atoms with van der Waals surface area (Å²) >= 11 is 0. The van der Waals surface area contributed by atoms with E-state index < -0.39 is 10.8 Å². The molecule has 0 unspecified atom stereocenters. The number of para-hydroxylation sites is 1. The van der Waals surface area contributed by atoms with Crippen molar-refractivity contribution in [3.63, 3.8) is 0 Å². The van der Waals surface area contributed by atoms with Crippen LogP contribution in [0.3, 0.4) is 0 Å². The third kappa shape index (κ3) is 7.49. The van der Waals surface area contributed by atoms with Gasteiger partial charge < -0.3 is 18.6 Å². The quantitative estimate of drug-likeness (QED) is 0.137. The summed E-state index contributed by atoms with van der Waals surface area (Å²) in [6, 6.07) is 116. The molecule has 424 valence electrons. The highest BCUT2D eigenvalue weighted by Gasteiger charge is 2.47. The van der Waals surface area contributed by atoms with Gasteiger partial charge in [0, 0.05) is 56.0 Å². The Labute approximate surface area is 522 Å². The minimum absolute atomic E-state index is 0.492. The average molecular weight is 1150 g/mol. The third-order valence-electron chi connectivity index (χ3n) is 19.5. The van der Waals surface area contributed by atoms with Crippen molar-refractivity contribution in [1.29, 1.82) is 0 Å². The monoisotopic (exact) mass is 1150 g/mol. The molecular weight excluding hydrogens is 1090 g/mol. The van der Waals surface area contributed by atoms with Crippen LogP contribution in [0.4, 0.5) is 34.1 Å². The van der Waals surface area contributed by atoms with Crippen LogP contribution in [-0.4, -0.2) is 0 Å². The first kappa shape index (κ1) is 51.7. The maximum absolute atomic E-state index is 7.14. The van der Waals surface area contributed by atoms with E-state index in [1.165, 1.54) is 77.9 Å². The number of anilines is 6. The topological polar surface area (TPSA) is 32.8 Å². The predicted molar refractivity (Wildman–Crippen MR) is 372 cm³/mol. The lowest BCUT2D eigenvalue weighted by Gasteiger charge is -2.34. The van der Waals surface area contributed by atoms with Crippen molar-refractivity contribution >= 4 is 88.8 Å². The molecule has 2 aliphatic carbocycles. The van der Waals surface area contributed by atoms with E-state index in [1.807, 2.05) is 0 Å². The molecule has 0 bridgehead atoms. The zero-order valence-electron chi connectivity index (χ0n) is 49.7. The largest absolute Gasteiger partial charge is 0.456 e. The Morgan fingerprint density at radius 2 is 0.667 bits per heavy atom. The maximum Gasteiger partial charge on any atom is 0.159 e. The van der Waals surface area contributed by atoms with Gasteiger partial charge >= 0.3 is 0 Å². The van der Waals surface area contributed by atoms with Crippen molar-refractivity contribution in [3.8, 4) is 22.3 Å². The molecule has 2 heterocycles. The normalized spacial score (nSPS) is 13.4. The number of fused-ring (bicyclic) bond motifs is 15. The Bertz CT molecular complexity index is 5420. The Morgan fingerprint density at radius 1 is 0.256 bits per heavy atom. The third-order valence-corrected chi connectivity index (χ3v) is 19.5. The second-order valence-electron chi connectivity index (χ2n) is 24.4. The van der Waals surface area contributed by atoms with E-state index in [0.29, 0.717) is 0 Å². The number of hydrogen-bond acceptors (Lipinski definition) is 4. The fourth-order valence-corrected chi connectivity index (χ4v) is 15.7. The number of benzene rings is 14. The van der Waals surface area contributed by atoms with Crippen molar-refractivity contribution in [2.75, 3.05) is 9.80 Å². The second-order valence-corrected chi connectivity index (χ2v) is 24.4. The Morgan fingerprint density at radius 3 is 1.19 bits per heavy atom. The van der Waals surface area contributed by atoms with E-state index in [0.717, 1.165) is 88.8 Å². The van der Waals surface area contributed by atoms with E-state index in [9.17, 15) is 0 Å². The van der Waals surface area contributed by atoms with Crippen molar-refractivity contribution in [3.05, 3.63) is 371 Å². The highest BCUT2D eigenvalue weighted by atomic mass is 16.3. The number of nitrogens with zero attached hydrogens (tertiary/aromatic N) is 2. The van der Waals surface area contributed by atoms with Crippen LogP contribution in [-0.2, 0) is 10.8 Å². The Kier molecular flexibility index (Phi) is 11.5. The molecule has 0 fully saturated rings. The first-order chi connectivity index (χ1) is 44.4. The fraction of sp³-hybridized carbons (Fsp3) is 0.0465. The van der Waals surface area contributed by atoms with Gasteiger partial charge in [-0.1, -0.05) is 224 Å². The summed E-state index contributed by atoms with van der Waals surface area (Å²) in [5.74, 6) is 0.